The van der Waals surface area contributed by atoms with Gasteiger partial charge in [-0.15, -0.1) is 10.2 Å². The molecule has 0 spiro atoms. The summed E-state index contributed by atoms with van der Waals surface area (Å²) in [6.45, 7) is 8.12. The Kier molecular flexibility index (Phi) is 6.42. The van der Waals surface area contributed by atoms with Gasteiger partial charge in [-0.25, -0.2) is 0 Å². The minimum Gasteiger partial charge on any atom is -0.325 e. The molecule has 1 aromatic heterocycles. The Morgan fingerprint density at radius 2 is 1.47 bits per heavy atom. The Balaban J connectivity index is 1.60. The van der Waals surface area contributed by atoms with Crippen molar-refractivity contribution in [1.29, 1.82) is 0 Å². The van der Waals surface area contributed by atoms with E-state index >= 15 is 0 Å². The van der Waals surface area contributed by atoms with Gasteiger partial charge in [0.1, 0.15) is 0 Å². The molecule has 4 rings (SSSR count). The molecule has 0 saturated heterocycles. The van der Waals surface area contributed by atoms with Crippen LogP contribution in [0.4, 0.5) is 5.69 Å². The van der Waals surface area contributed by atoms with Crippen LogP contribution in [-0.2, 0) is 4.79 Å². The lowest BCUT2D eigenvalue weighted by molar-refractivity contribution is -0.113. The summed E-state index contributed by atoms with van der Waals surface area (Å²) in [4.78, 5) is 12.7. The number of aryl methyl sites for hydroxylation is 4. The summed E-state index contributed by atoms with van der Waals surface area (Å²) in [6, 6.07) is 22.5. The number of thioether (sulfide) groups is 1. The molecule has 3 aromatic carbocycles. The van der Waals surface area contributed by atoms with Gasteiger partial charge in [0.25, 0.3) is 0 Å². The molecule has 0 aliphatic heterocycles. The van der Waals surface area contributed by atoms with Crippen molar-refractivity contribution in [1.82, 2.24) is 14.8 Å². The van der Waals surface area contributed by atoms with Crippen molar-refractivity contribution >= 4 is 23.4 Å². The quantitative estimate of drug-likeness (QED) is 0.378. The zero-order valence-electron chi connectivity index (χ0n) is 18.7. The highest BCUT2D eigenvalue weighted by Crippen LogP contribution is 2.28. The van der Waals surface area contributed by atoms with Crippen LogP contribution in [0.25, 0.3) is 17.1 Å². The third kappa shape index (κ3) is 4.92. The third-order valence-corrected chi connectivity index (χ3v) is 6.16. The van der Waals surface area contributed by atoms with E-state index in [2.05, 4.69) is 65.8 Å². The van der Waals surface area contributed by atoms with E-state index in [9.17, 15) is 4.79 Å². The second-order valence-corrected chi connectivity index (χ2v) is 8.94. The molecule has 0 aliphatic carbocycles. The third-order valence-electron chi connectivity index (χ3n) is 5.23. The molecule has 32 heavy (non-hydrogen) atoms. The van der Waals surface area contributed by atoms with Crippen molar-refractivity contribution < 1.29 is 4.79 Å². The summed E-state index contributed by atoms with van der Waals surface area (Å²) in [5.74, 6) is 0.927. The lowest BCUT2D eigenvalue weighted by Gasteiger charge is -2.12. The van der Waals surface area contributed by atoms with Gasteiger partial charge < -0.3 is 5.32 Å². The molecule has 0 aliphatic rings. The molecule has 162 valence electrons. The predicted octanol–water partition coefficient (Wildman–Crippen LogP) is 5.90. The number of nitrogens with one attached hydrogen (secondary N) is 1. The first kappa shape index (κ1) is 21.8. The second-order valence-electron chi connectivity index (χ2n) is 8.00. The van der Waals surface area contributed by atoms with E-state index in [-0.39, 0.29) is 11.7 Å². The number of aromatic nitrogens is 3. The molecule has 1 N–H and O–H groups in total. The Bertz CT molecular complexity index is 1240. The number of nitrogens with zero attached hydrogens (tertiary/aromatic N) is 3. The average Bonchev–Trinajstić information content (AvgIpc) is 3.20. The van der Waals surface area contributed by atoms with E-state index in [1.54, 1.807) is 0 Å². The van der Waals surface area contributed by atoms with Gasteiger partial charge in [0.15, 0.2) is 11.0 Å². The highest BCUT2D eigenvalue weighted by Gasteiger charge is 2.17. The van der Waals surface area contributed by atoms with Gasteiger partial charge in [0, 0.05) is 16.9 Å². The van der Waals surface area contributed by atoms with Crippen molar-refractivity contribution in [3.8, 4) is 17.1 Å². The summed E-state index contributed by atoms with van der Waals surface area (Å²) in [7, 11) is 0. The maximum Gasteiger partial charge on any atom is 0.234 e. The SMILES string of the molecule is Cc1ccc(-c2nnc(SCC(=O)Nc3cc(C)ccc3C)n2-c2ccc(C)cc2)cc1. The smallest absolute Gasteiger partial charge is 0.234 e. The standard InChI is InChI=1S/C26H26N4OS/c1-17-6-11-21(12-7-17)25-28-29-26(30(25)22-13-8-18(2)9-14-22)32-16-24(31)27-23-15-19(3)5-10-20(23)4/h5-15H,16H2,1-4H3,(H,27,31). The van der Waals surface area contributed by atoms with Gasteiger partial charge in [-0.05, 0) is 57.0 Å². The van der Waals surface area contributed by atoms with Gasteiger partial charge in [0.05, 0.1) is 5.75 Å². The first-order chi connectivity index (χ1) is 15.4. The van der Waals surface area contributed by atoms with Crippen molar-refractivity contribution in [2.75, 3.05) is 11.1 Å². The zero-order chi connectivity index (χ0) is 22.7. The lowest BCUT2D eigenvalue weighted by Crippen LogP contribution is -2.15. The number of carbonyl (C=O) groups is 1. The van der Waals surface area contributed by atoms with E-state index in [4.69, 9.17) is 0 Å². The number of anilines is 1. The van der Waals surface area contributed by atoms with Gasteiger partial charge >= 0.3 is 0 Å². The normalized spacial score (nSPS) is 10.9. The maximum absolute atomic E-state index is 12.7. The summed E-state index contributed by atoms with van der Waals surface area (Å²) in [5.41, 5.74) is 7.31. The Morgan fingerprint density at radius 1 is 0.844 bits per heavy atom. The van der Waals surface area contributed by atoms with Crippen LogP contribution in [-0.4, -0.2) is 26.4 Å². The molecule has 1 amide bonds. The monoisotopic (exact) mass is 442 g/mol. The Labute approximate surface area is 192 Å². The molecular formula is C26H26N4OS. The minimum atomic E-state index is -0.0703. The van der Waals surface area contributed by atoms with Crippen molar-refractivity contribution in [3.05, 3.63) is 89.0 Å². The number of hydrogen-bond acceptors (Lipinski definition) is 4. The fourth-order valence-electron chi connectivity index (χ4n) is 3.37. The van der Waals surface area contributed by atoms with E-state index in [1.807, 2.05) is 48.7 Å². The topological polar surface area (TPSA) is 59.8 Å². The molecule has 0 saturated carbocycles. The van der Waals surface area contributed by atoms with Gasteiger partial charge in [0.2, 0.25) is 5.91 Å². The van der Waals surface area contributed by atoms with Crippen LogP contribution in [0.1, 0.15) is 22.3 Å². The maximum atomic E-state index is 12.7. The fourth-order valence-corrected chi connectivity index (χ4v) is 4.12. The summed E-state index contributed by atoms with van der Waals surface area (Å²) in [5, 5.41) is 12.6. The molecular weight excluding hydrogens is 416 g/mol. The molecule has 0 bridgehead atoms. The van der Waals surface area contributed by atoms with Crippen molar-refractivity contribution in [2.24, 2.45) is 0 Å². The van der Waals surface area contributed by atoms with E-state index in [1.165, 1.54) is 22.9 Å². The Morgan fingerprint density at radius 3 is 2.16 bits per heavy atom. The van der Waals surface area contributed by atoms with Crippen LogP contribution in [0, 0.1) is 27.7 Å². The van der Waals surface area contributed by atoms with E-state index < -0.39 is 0 Å². The van der Waals surface area contributed by atoms with Crippen LogP contribution in [0.5, 0.6) is 0 Å². The zero-order valence-corrected chi connectivity index (χ0v) is 19.5. The molecule has 1 heterocycles. The first-order valence-electron chi connectivity index (χ1n) is 10.5. The number of carbonyl (C=O) groups excluding carboxylic acids is 1. The molecule has 0 atom stereocenters. The molecule has 0 unspecified atom stereocenters. The molecule has 5 nitrogen and oxygen atoms in total. The minimum absolute atomic E-state index is 0.0703. The number of amides is 1. The molecule has 0 fully saturated rings. The largest absolute Gasteiger partial charge is 0.325 e. The Hall–Kier alpha value is -3.38. The molecule has 4 aromatic rings. The van der Waals surface area contributed by atoms with Crippen LogP contribution in [0.3, 0.4) is 0 Å². The number of benzene rings is 3. The highest BCUT2D eigenvalue weighted by atomic mass is 32.2. The van der Waals surface area contributed by atoms with Crippen LogP contribution in [0.15, 0.2) is 71.9 Å². The molecule has 0 radical (unpaired) electrons. The van der Waals surface area contributed by atoms with Crippen molar-refractivity contribution in [3.63, 3.8) is 0 Å². The van der Waals surface area contributed by atoms with Crippen LogP contribution < -0.4 is 5.32 Å². The van der Waals surface area contributed by atoms with Gasteiger partial charge in [-0.3, -0.25) is 9.36 Å². The van der Waals surface area contributed by atoms with E-state index in [0.29, 0.717) is 5.16 Å². The number of rotatable bonds is 6. The number of hydrogen-bond donors (Lipinski definition) is 1. The summed E-state index contributed by atoms with van der Waals surface area (Å²) in [6.07, 6.45) is 0. The fraction of sp³-hybridized carbons (Fsp3) is 0.192. The van der Waals surface area contributed by atoms with Crippen molar-refractivity contribution in [2.45, 2.75) is 32.9 Å². The highest BCUT2D eigenvalue weighted by molar-refractivity contribution is 7.99. The predicted molar refractivity (Wildman–Crippen MR) is 132 cm³/mol. The second kappa shape index (κ2) is 9.40. The van der Waals surface area contributed by atoms with Crippen LogP contribution in [0.2, 0.25) is 0 Å². The van der Waals surface area contributed by atoms with E-state index in [0.717, 1.165) is 33.9 Å². The summed E-state index contributed by atoms with van der Waals surface area (Å²) >= 11 is 1.38. The summed E-state index contributed by atoms with van der Waals surface area (Å²) < 4.78 is 2.01. The van der Waals surface area contributed by atoms with Gasteiger partial charge in [-0.1, -0.05) is 71.4 Å². The molecule has 6 heteroatoms. The average molecular weight is 443 g/mol. The van der Waals surface area contributed by atoms with Crippen LogP contribution >= 0.6 is 11.8 Å². The van der Waals surface area contributed by atoms with Gasteiger partial charge in [-0.2, -0.15) is 0 Å². The first-order valence-corrected chi connectivity index (χ1v) is 11.5. The lowest BCUT2D eigenvalue weighted by atomic mass is 10.1.